The molecule has 5 rings (SSSR count). The van der Waals surface area contributed by atoms with Crippen LogP contribution in [0.5, 0.6) is 0 Å². The highest BCUT2D eigenvalue weighted by molar-refractivity contribution is 6.31. The third-order valence-corrected chi connectivity index (χ3v) is 5.73. The number of para-hydroxylation sites is 1. The van der Waals surface area contributed by atoms with E-state index < -0.39 is 0 Å². The Labute approximate surface area is 194 Å². The van der Waals surface area contributed by atoms with Crippen LogP contribution in [0.3, 0.4) is 0 Å². The first-order valence-corrected chi connectivity index (χ1v) is 11.0. The van der Waals surface area contributed by atoms with Gasteiger partial charge in [-0.1, -0.05) is 121 Å². The van der Waals surface area contributed by atoms with Crippen LogP contribution in [-0.2, 0) is 0 Å². The van der Waals surface area contributed by atoms with Gasteiger partial charge in [0.1, 0.15) is 0 Å². The maximum Gasteiger partial charge on any atom is 0.0543 e. The minimum atomic E-state index is 0.701. The molecule has 2 heteroatoms. The van der Waals surface area contributed by atoms with E-state index in [2.05, 4.69) is 90.2 Å². The highest BCUT2D eigenvalue weighted by atomic mass is 35.5. The maximum absolute atomic E-state index is 6.54. The topological polar surface area (TPSA) is 12.0 Å². The molecule has 0 heterocycles. The molecule has 0 radical (unpaired) electrons. The Hall–Kier alpha value is -3.81. The Balaban J connectivity index is 1.65. The monoisotopic (exact) mass is 431 g/mol. The Morgan fingerprint density at radius 2 is 0.938 bits per heavy atom. The lowest BCUT2D eigenvalue weighted by atomic mass is 9.95. The van der Waals surface area contributed by atoms with Crippen LogP contribution in [0, 0.1) is 0 Å². The second kappa shape index (κ2) is 9.13. The van der Waals surface area contributed by atoms with Crippen molar-refractivity contribution < 1.29 is 0 Å². The Morgan fingerprint density at radius 1 is 0.438 bits per heavy atom. The standard InChI is InChI=1S/C30H22ClN/c31-26-19-25(22-11-4-1-5-12-22)20-27(21-26)32-30-28(23-13-6-2-7-14-23)17-10-18-29(30)24-15-8-3-9-16-24/h1-21,32H. The maximum atomic E-state index is 6.54. The average molecular weight is 432 g/mol. The van der Waals surface area contributed by atoms with E-state index in [1.165, 1.54) is 0 Å². The Bertz CT molecular complexity index is 1270. The second-order valence-corrected chi connectivity index (χ2v) is 8.12. The molecule has 1 nitrogen and oxygen atoms in total. The van der Waals surface area contributed by atoms with Gasteiger partial charge in [-0.05, 0) is 40.5 Å². The normalized spacial score (nSPS) is 10.7. The highest BCUT2D eigenvalue weighted by Crippen LogP contribution is 2.39. The molecule has 0 saturated carbocycles. The van der Waals surface area contributed by atoms with Gasteiger partial charge in [-0.15, -0.1) is 0 Å². The van der Waals surface area contributed by atoms with Crippen LogP contribution in [0.25, 0.3) is 33.4 Å². The number of hydrogen-bond donors (Lipinski definition) is 1. The van der Waals surface area contributed by atoms with E-state index in [1.807, 2.05) is 42.5 Å². The van der Waals surface area contributed by atoms with E-state index in [-0.39, 0.29) is 0 Å². The molecule has 154 valence electrons. The molecule has 0 amide bonds. The number of rotatable bonds is 5. The van der Waals surface area contributed by atoms with Crippen molar-refractivity contribution in [2.24, 2.45) is 0 Å². The molecule has 1 N–H and O–H groups in total. The number of nitrogens with one attached hydrogen (secondary N) is 1. The summed E-state index contributed by atoms with van der Waals surface area (Å²) < 4.78 is 0. The molecule has 0 spiro atoms. The van der Waals surface area contributed by atoms with Gasteiger partial charge in [0.15, 0.2) is 0 Å². The number of halogens is 1. The van der Waals surface area contributed by atoms with Gasteiger partial charge in [0.2, 0.25) is 0 Å². The average Bonchev–Trinajstić information content (AvgIpc) is 2.85. The summed E-state index contributed by atoms with van der Waals surface area (Å²) in [5.74, 6) is 0. The molecule has 0 aliphatic carbocycles. The van der Waals surface area contributed by atoms with Gasteiger partial charge in [0.25, 0.3) is 0 Å². The van der Waals surface area contributed by atoms with Gasteiger partial charge in [0, 0.05) is 21.8 Å². The molecule has 0 saturated heterocycles. The first-order valence-electron chi connectivity index (χ1n) is 10.6. The van der Waals surface area contributed by atoms with Crippen molar-refractivity contribution in [1.29, 1.82) is 0 Å². The number of benzene rings is 5. The van der Waals surface area contributed by atoms with Gasteiger partial charge in [0.05, 0.1) is 5.69 Å². The summed E-state index contributed by atoms with van der Waals surface area (Å²) in [6, 6.07) is 43.8. The molecular formula is C30H22ClN. The summed E-state index contributed by atoms with van der Waals surface area (Å²) in [7, 11) is 0. The zero-order valence-electron chi connectivity index (χ0n) is 17.5. The molecular weight excluding hydrogens is 410 g/mol. The van der Waals surface area contributed by atoms with E-state index >= 15 is 0 Å². The van der Waals surface area contributed by atoms with Gasteiger partial charge in [-0.25, -0.2) is 0 Å². The summed E-state index contributed by atoms with van der Waals surface area (Å²) in [5, 5.41) is 4.41. The summed E-state index contributed by atoms with van der Waals surface area (Å²) in [5.41, 5.74) is 8.86. The lowest BCUT2D eigenvalue weighted by molar-refractivity contribution is 1.51. The zero-order chi connectivity index (χ0) is 21.8. The van der Waals surface area contributed by atoms with Crippen LogP contribution in [0.1, 0.15) is 0 Å². The first-order chi connectivity index (χ1) is 15.8. The number of anilines is 2. The van der Waals surface area contributed by atoms with Gasteiger partial charge in [-0.2, -0.15) is 0 Å². The SMILES string of the molecule is Clc1cc(Nc2c(-c3ccccc3)cccc2-c2ccccc2)cc(-c2ccccc2)c1. The summed E-state index contributed by atoms with van der Waals surface area (Å²) >= 11 is 6.54. The van der Waals surface area contributed by atoms with Gasteiger partial charge in [-0.3, -0.25) is 0 Å². The van der Waals surface area contributed by atoms with Crippen LogP contribution in [0.4, 0.5) is 11.4 Å². The van der Waals surface area contributed by atoms with Crippen molar-refractivity contribution in [3.05, 3.63) is 132 Å². The van der Waals surface area contributed by atoms with E-state index in [0.717, 1.165) is 44.8 Å². The number of hydrogen-bond acceptors (Lipinski definition) is 1. The molecule has 0 bridgehead atoms. The second-order valence-electron chi connectivity index (χ2n) is 7.68. The smallest absolute Gasteiger partial charge is 0.0543 e. The van der Waals surface area contributed by atoms with Crippen LogP contribution in [-0.4, -0.2) is 0 Å². The predicted octanol–water partition coefficient (Wildman–Crippen LogP) is 9.08. The van der Waals surface area contributed by atoms with Crippen LogP contribution < -0.4 is 5.32 Å². The third-order valence-electron chi connectivity index (χ3n) is 5.51. The molecule has 0 atom stereocenters. The molecule has 0 unspecified atom stereocenters. The Morgan fingerprint density at radius 3 is 1.47 bits per heavy atom. The van der Waals surface area contributed by atoms with E-state index in [0.29, 0.717) is 5.02 Å². The van der Waals surface area contributed by atoms with Crippen molar-refractivity contribution in [3.63, 3.8) is 0 Å². The zero-order valence-corrected chi connectivity index (χ0v) is 18.3. The molecule has 0 aliphatic rings. The fourth-order valence-corrected chi connectivity index (χ4v) is 4.24. The van der Waals surface area contributed by atoms with Crippen molar-refractivity contribution in [2.75, 3.05) is 5.32 Å². The quantitative estimate of drug-likeness (QED) is 0.292. The van der Waals surface area contributed by atoms with E-state index in [4.69, 9.17) is 11.6 Å². The molecule has 0 aromatic heterocycles. The van der Waals surface area contributed by atoms with Crippen molar-refractivity contribution in [1.82, 2.24) is 0 Å². The first kappa shape index (κ1) is 20.1. The highest BCUT2D eigenvalue weighted by Gasteiger charge is 2.13. The van der Waals surface area contributed by atoms with E-state index in [9.17, 15) is 0 Å². The molecule has 32 heavy (non-hydrogen) atoms. The minimum Gasteiger partial charge on any atom is -0.354 e. The van der Waals surface area contributed by atoms with Crippen molar-refractivity contribution >= 4 is 23.0 Å². The van der Waals surface area contributed by atoms with E-state index in [1.54, 1.807) is 0 Å². The Kier molecular flexibility index (Phi) is 5.74. The summed E-state index contributed by atoms with van der Waals surface area (Å²) in [6.45, 7) is 0. The van der Waals surface area contributed by atoms with Crippen LogP contribution >= 0.6 is 11.6 Å². The molecule has 5 aromatic carbocycles. The fourth-order valence-electron chi connectivity index (χ4n) is 4.01. The van der Waals surface area contributed by atoms with Gasteiger partial charge >= 0.3 is 0 Å². The summed E-state index contributed by atoms with van der Waals surface area (Å²) in [6.07, 6.45) is 0. The lowest BCUT2D eigenvalue weighted by Crippen LogP contribution is -1.97. The summed E-state index contributed by atoms with van der Waals surface area (Å²) in [4.78, 5) is 0. The minimum absolute atomic E-state index is 0.701. The third kappa shape index (κ3) is 4.30. The van der Waals surface area contributed by atoms with Crippen LogP contribution in [0.2, 0.25) is 5.02 Å². The molecule has 0 aliphatic heterocycles. The fraction of sp³-hybridized carbons (Fsp3) is 0. The van der Waals surface area contributed by atoms with Crippen molar-refractivity contribution in [2.45, 2.75) is 0 Å². The van der Waals surface area contributed by atoms with Crippen LogP contribution in [0.15, 0.2) is 127 Å². The molecule has 0 fully saturated rings. The largest absolute Gasteiger partial charge is 0.354 e. The predicted molar refractivity (Wildman–Crippen MR) is 137 cm³/mol. The molecule has 5 aromatic rings. The van der Waals surface area contributed by atoms with Crippen molar-refractivity contribution in [3.8, 4) is 33.4 Å². The van der Waals surface area contributed by atoms with Gasteiger partial charge < -0.3 is 5.32 Å². The lowest BCUT2D eigenvalue weighted by Gasteiger charge is -2.18.